The molecule has 1 aromatic heterocycles. The molecule has 0 N–H and O–H groups in total. The standard InChI is InChI=1S/C47H35N3/c48-31-32-20-25-41-40(28-32)45-39(18-11-19-42(45)47(41)26-8-3-9-27-47)34-23-21-33(22-24-34)37-16-10-17-38(29-37)44-30-43(35-12-4-1-5-13-35)49-46(50-44)36-14-6-2-7-15-36/h1-2,4-7,10-25,28-30H,3,8-9,26-27H2. The molecule has 0 aliphatic heterocycles. The van der Waals surface area contributed by atoms with Gasteiger partial charge in [0.25, 0.3) is 0 Å². The Balaban J connectivity index is 1.10. The summed E-state index contributed by atoms with van der Waals surface area (Å²) in [6.07, 6.45) is 6.12. The highest BCUT2D eigenvalue weighted by atomic mass is 14.9. The average molecular weight is 642 g/mol. The fraction of sp³-hybridized carbons (Fsp3) is 0.128. The summed E-state index contributed by atoms with van der Waals surface area (Å²) in [5.74, 6) is 0.713. The molecule has 0 bridgehead atoms. The largest absolute Gasteiger partial charge is 0.228 e. The van der Waals surface area contributed by atoms with Crippen LogP contribution in [0.25, 0.3) is 67.3 Å². The smallest absolute Gasteiger partial charge is 0.160 e. The van der Waals surface area contributed by atoms with Crippen molar-refractivity contribution >= 4 is 0 Å². The molecule has 1 heterocycles. The van der Waals surface area contributed by atoms with Crippen LogP contribution in [0.2, 0.25) is 0 Å². The second kappa shape index (κ2) is 12.4. The molecule has 2 aliphatic carbocycles. The molecule has 0 atom stereocenters. The highest BCUT2D eigenvalue weighted by Gasteiger charge is 2.44. The molecule has 238 valence electrons. The maximum absolute atomic E-state index is 9.81. The number of aromatic nitrogens is 2. The molecular weight excluding hydrogens is 607 g/mol. The van der Waals surface area contributed by atoms with E-state index < -0.39 is 0 Å². The van der Waals surface area contributed by atoms with Gasteiger partial charge in [-0.25, -0.2) is 9.97 Å². The Bertz CT molecular complexity index is 2340. The molecule has 6 aromatic carbocycles. The monoisotopic (exact) mass is 641 g/mol. The van der Waals surface area contributed by atoms with Gasteiger partial charge in [0.1, 0.15) is 0 Å². The maximum Gasteiger partial charge on any atom is 0.160 e. The van der Waals surface area contributed by atoms with Crippen LogP contribution in [0.5, 0.6) is 0 Å². The average Bonchev–Trinajstić information content (AvgIpc) is 3.46. The molecule has 1 spiro atoms. The normalized spacial score (nSPS) is 14.1. The van der Waals surface area contributed by atoms with Gasteiger partial charge in [0.2, 0.25) is 0 Å². The van der Waals surface area contributed by atoms with Gasteiger partial charge in [-0.2, -0.15) is 5.26 Å². The van der Waals surface area contributed by atoms with E-state index in [9.17, 15) is 5.26 Å². The van der Waals surface area contributed by atoms with E-state index in [-0.39, 0.29) is 5.41 Å². The third kappa shape index (κ3) is 5.13. The highest BCUT2D eigenvalue weighted by Crippen LogP contribution is 2.58. The Morgan fingerprint density at radius 1 is 0.460 bits per heavy atom. The number of hydrogen-bond acceptors (Lipinski definition) is 3. The molecule has 3 heteroatoms. The molecule has 50 heavy (non-hydrogen) atoms. The number of benzene rings is 6. The molecule has 1 fully saturated rings. The summed E-state index contributed by atoms with van der Waals surface area (Å²) in [6, 6.07) is 55.8. The van der Waals surface area contributed by atoms with Crippen LogP contribution in [0.3, 0.4) is 0 Å². The Hall–Kier alpha value is -6.11. The maximum atomic E-state index is 9.81. The quantitative estimate of drug-likeness (QED) is 0.188. The second-order valence-corrected chi connectivity index (χ2v) is 13.6. The zero-order valence-corrected chi connectivity index (χ0v) is 27.8. The lowest BCUT2D eigenvalue weighted by molar-refractivity contribution is 0.353. The molecule has 7 aromatic rings. The summed E-state index contributed by atoms with van der Waals surface area (Å²) in [4.78, 5) is 10.0. The molecular formula is C47H35N3. The lowest BCUT2D eigenvalue weighted by Gasteiger charge is -2.36. The minimum absolute atomic E-state index is 0.0506. The summed E-state index contributed by atoms with van der Waals surface area (Å²) >= 11 is 0. The number of nitrogens with zero attached hydrogens (tertiary/aromatic N) is 3. The zero-order chi connectivity index (χ0) is 33.5. The van der Waals surface area contributed by atoms with Gasteiger partial charge in [0.15, 0.2) is 5.82 Å². The van der Waals surface area contributed by atoms with E-state index in [4.69, 9.17) is 9.97 Å². The topological polar surface area (TPSA) is 49.6 Å². The third-order valence-corrected chi connectivity index (χ3v) is 10.7. The molecule has 2 aliphatic rings. The molecule has 3 nitrogen and oxygen atoms in total. The molecule has 1 saturated carbocycles. The van der Waals surface area contributed by atoms with Crippen molar-refractivity contribution in [2.45, 2.75) is 37.5 Å². The highest BCUT2D eigenvalue weighted by molar-refractivity contribution is 5.93. The van der Waals surface area contributed by atoms with Crippen LogP contribution < -0.4 is 0 Å². The van der Waals surface area contributed by atoms with E-state index in [2.05, 4.69) is 115 Å². The van der Waals surface area contributed by atoms with Crippen LogP contribution in [0.15, 0.2) is 152 Å². The number of fused-ring (bicyclic) bond motifs is 5. The van der Waals surface area contributed by atoms with Crippen LogP contribution >= 0.6 is 0 Å². The summed E-state index contributed by atoms with van der Waals surface area (Å²) in [6.45, 7) is 0. The zero-order valence-electron chi connectivity index (χ0n) is 27.8. The Kier molecular flexibility index (Phi) is 7.44. The summed E-state index contributed by atoms with van der Waals surface area (Å²) in [7, 11) is 0. The third-order valence-electron chi connectivity index (χ3n) is 10.7. The first-order valence-electron chi connectivity index (χ1n) is 17.6. The van der Waals surface area contributed by atoms with Crippen molar-refractivity contribution < 1.29 is 0 Å². The van der Waals surface area contributed by atoms with Crippen LogP contribution in [-0.4, -0.2) is 9.97 Å². The van der Waals surface area contributed by atoms with Gasteiger partial charge >= 0.3 is 0 Å². The lowest BCUT2D eigenvalue weighted by atomic mass is 9.67. The van der Waals surface area contributed by atoms with Gasteiger partial charge in [-0.3, -0.25) is 0 Å². The summed E-state index contributed by atoms with van der Waals surface area (Å²) in [5, 5.41) is 9.81. The minimum atomic E-state index is 0.0506. The van der Waals surface area contributed by atoms with E-state index in [0.29, 0.717) is 5.82 Å². The first-order valence-corrected chi connectivity index (χ1v) is 17.6. The van der Waals surface area contributed by atoms with E-state index in [0.717, 1.165) is 44.8 Å². The van der Waals surface area contributed by atoms with Crippen molar-refractivity contribution in [3.05, 3.63) is 168 Å². The van der Waals surface area contributed by atoms with Crippen molar-refractivity contribution in [1.82, 2.24) is 9.97 Å². The van der Waals surface area contributed by atoms with Crippen molar-refractivity contribution in [3.8, 4) is 73.4 Å². The van der Waals surface area contributed by atoms with Gasteiger partial charge < -0.3 is 0 Å². The first kappa shape index (κ1) is 30.0. The van der Waals surface area contributed by atoms with Crippen LogP contribution in [-0.2, 0) is 5.41 Å². The predicted molar refractivity (Wildman–Crippen MR) is 203 cm³/mol. The van der Waals surface area contributed by atoms with E-state index in [1.807, 2.05) is 42.5 Å². The van der Waals surface area contributed by atoms with E-state index in [1.165, 1.54) is 65.5 Å². The van der Waals surface area contributed by atoms with E-state index in [1.54, 1.807) is 0 Å². The number of nitriles is 1. The van der Waals surface area contributed by atoms with Gasteiger partial charge in [-0.1, -0.05) is 147 Å². The molecule has 9 rings (SSSR count). The van der Waals surface area contributed by atoms with Crippen molar-refractivity contribution in [3.63, 3.8) is 0 Å². The molecule has 0 unspecified atom stereocenters. The fourth-order valence-corrected chi connectivity index (χ4v) is 8.33. The Morgan fingerprint density at radius 2 is 1.10 bits per heavy atom. The number of hydrogen-bond donors (Lipinski definition) is 0. The van der Waals surface area contributed by atoms with Gasteiger partial charge in [-0.15, -0.1) is 0 Å². The van der Waals surface area contributed by atoms with Crippen molar-refractivity contribution in [2.24, 2.45) is 0 Å². The lowest BCUT2D eigenvalue weighted by Crippen LogP contribution is -2.28. The minimum Gasteiger partial charge on any atom is -0.228 e. The van der Waals surface area contributed by atoms with Crippen molar-refractivity contribution in [1.29, 1.82) is 5.26 Å². The SMILES string of the molecule is N#Cc1ccc2c(c1)-c1c(-c3ccc(-c4cccc(-c5cc(-c6ccccc6)nc(-c6ccccc6)n5)c4)cc3)cccc1C21CCCCC1. The summed E-state index contributed by atoms with van der Waals surface area (Å²) < 4.78 is 0. The Labute approximate surface area is 293 Å². The number of rotatable bonds is 5. The molecule has 0 saturated heterocycles. The fourth-order valence-electron chi connectivity index (χ4n) is 8.33. The van der Waals surface area contributed by atoms with E-state index >= 15 is 0 Å². The van der Waals surface area contributed by atoms with Crippen LogP contribution in [0.4, 0.5) is 0 Å². The van der Waals surface area contributed by atoms with Crippen LogP contribution in [0, 0.1) is 11.3 Å². The van der Waals surface area contributed by atoms with Gasteiger partial charge in [0.05, 0.1) is 23.0 Å². The predicted octanol–water partition coefficient (Wildman–Crippen LogP) is 11.9. The van der Waals surface area contributed by atoms with Crippen LogP contribution in [0.1, 0.15) is 48.8 Å². The van der Waals surface area contributed by atoms with Gasteiger partial charge in [-0.05, 0) is 81.6 Å². The van der Waals surface area contributed by atoms with Crippen molar-refractivity contribution in [2.75, 3.05) is 0 Å². The van der Waals surface area contributed by atoms with Gasteiger partial charge in [0, 0.05) is 22.1 Å². The Morgan fingerprint density at radius 3 is 1.84 bits per heavy atom. The molecule has 0 amide bonds. The second-order valence-electron chi connectivity index (χ2n) is 13.6. The summed E-state index contributed by atoms with van der Waals surface area (Å²) in [5.41, 5.74) is 15.8. The molecule has 0 radical (unpaired) electrons. The first-order chi connectivity index (χ1) is 24.7.